The molecule has 0 saturated heterocycles. The van der Waals surface area contributed by atoms with Gasteiger partial charge >= 0.3 is 0 Å². The lowest BCUT2D eigenvalue weighted by Crippen LogP contribution is -2.15. The lowest BCUT2D eigenvalue weighted by Gasteiger charge is -2.28. The Hall–Kier alpha value is -2.75. The van der Waals surface area contributed by atoms with Gasteiger partial charge < -0.3 is 0 Å². The summed E-state index contributed by atoms with van der Waals surface area (Å²) in [5.41, 5.74) is 5.94. The predicted molar refractivity (Wildman–Crippen MR) is 143 cm³/mol. The molecule has 168 valence electrons. The van der Waals surface area contributed by atoms with E-state index in [1.54, 1.807) is 0 Å². The zero-order valence-electron chi connectivity index (χ0n) is 19.4. The van der Waals surface area contributed by atoms with Crippen LogP contribution in [0.4, 0.5) is 0 Å². The Bertz CT molecular complexity index is 1070. The first-order chi connectivity index (χ1) is 16.2. The Kier molecular flexibility index (Phi) is 8.46. The number of hydrogen-bond acceptors (Lipinski definition) is 0. The van der Waals surface area contributed by atoms with Crippen LogP contribution in [-0.4, -0.2) is 0 Å². The first-order valence-corrected chi connectivity index (χ1v) is 12.7. The first kappa shape index (κ1) is 23.4. The maximum Gasteiger partial charge on any atom is 0.0406 e. The van der Waals surface area contributed by atoms with Crippen LogP contribution in [0.3, 0.4) is 0 Å². The minimum absolute atomic E-state index is 0.734. The molecule has 0 bridgehead atoms. The molecule has 0 heterocycles. The fourth-order valence-corrected chi connectivity index (χ4v) is 4.95. The van der Waals surface area contributed by atoms with Crippen LogP contribution in [-0.2, 0) is 6.42 Å². The second kappa shape index (κ2) is 11.9. The number of benzene rings is 3. The van der Waals surface area contributed by atoms with E-state index in [4.69, 9.17) is 11.6 Å². The van der Waals surface area contributed by atoms with Gasteiger partial charge in [0, 0.05) is 16.1 Å². The van der Waals surface area contributed by atoms with Gasteiger partial charge in [0.15, 0.2) is 0 Å². The van der Waals surface area contributed by atoms with Gasteiger partial charge in [-0.3, -0.25) is 0 Å². The van der Waals surface area contributed by atoms with E-state index in [1.165, 1.54) is 68.1 Å². The smallest absolute Gasteiger partial charge is 0.0406 e. The molecule has 3 aromatic carbocycles. The quantitative estimate of drug-likeness (QED) is 0.247. The number of rotatable bonds is 7. The van der Waals surface area contributed by atoms with E-state index in [1.807, 2.05) is 24.3 Å². The van der Waals surface area contributed by atoms with Gasteiger partial charge in [-0.1, -0.05) is 91.6 Å². The van der Waals surface area contributed by atoms with Gasteiger partial charge in [-0.05, 0) is 90.6 Å². The minimum atomic E-state index is 0.734. The molecule has 1 heteroatoms. The van der Waals surface area contributed by atoms with Crippen LogP contribution < -0.4 is 0 Å². The molecule has 1 fully saturated rings. The van der Waals surface area contributed by atoms with Crippen molar-refractivity contribution in [3.63, 3.8) is 0 Å². The summed E-state index contributed by atoms with van der Waals surface area (Å²) >= 11 is 5.94. The molecule has 3 aromatic rings. The van der Waals surface area contributed by atoms with Crippen LogP contribution in [0, 0.1) is 23.7 Å². The second-order valence-corrected chi connectivity index (χ2v) is 9.76. The molecule has 1 aliphatic rings. The minimum Gasteiger partial charge on any atom is -0.103 e. The summed E-state index contributed by atoms with van der Waals surface area (Å²) in [6.45, 7) is 3.86. The Labute approximate surface area is 204 Å². The molecule has 0 nitrogen and oxygen atoms in total. The topological polar surface area (TPSA) is 0 Å². The van der Waals surface area contributed by atoms with Crippen molar-refractivity contribution in [3.05, 3.63) is 107 Å². The lowest BCUT2D eigenvalue weighted by atomic mass is 9.78. The molecule has 1 aliphatic carbocycles. The molecule has 0 spiro atoms. The highest BCUT2D eigenvalue weighted by Crippen LogP contribution is 2.34. The highest BCUT2D eigenvalue weighted by atomic mass is 35.5. The van der Waals surface area contributed by atoms with E-state index in [0.717, 1.165) is 28.0 Å². The average Bonchev–Trinajstić information content (AvgIpc) is 2.87. The number of halogens is 1. The maximum atomic E-state index is 5.94. The summed E-state index contributed by atoms with van der Waals surface area (Å²) in [5.74, 6) is 8.27. The largest absolute Gasteiger partial charge is 0.103 e. The zero-order chi connectivity index (χ0) is 22.9. The maximum absolute atomic E-state index is 5.94. The molecule has 0 N–H and O–H groups in total. The van der Waals surface area contributed by atoms with Crippen molar-refractivity contribution in [1.29, 1.82) is 0 Å². The van der Waals surface area contributed by atoms with E-state index in [-0.39, 0.29) is 0 Å². The second-order valence-electron chi connectivity index (χ2n) is 9.32. The van der Waals surface area contributed by atoms with Gasteiger partial charge in [0.05, 0.1) is 0 Å². The van der Waals surface area contributed by atoms with E-state index in [2.05, 4.69) is 73.0 Å². The normalized spacial score (nSPS) is 17.7. The van der Waals surface area contributed by atoms with Gasteiger partial charge in [-0.2, -0.15) is 0 Å². The van der Waals surface area contributed by atoms with E-state index >= 15 is 0 Å². The third-order valence-electron chi connectivity index (χ3n) is 6.95. The van der Waals surface area contributed by atoms with Crippen molar-refractivity contribution < 1.29 is 0 Å². The summed E-state index contributed by atoms with van der Waals surface area (Å²) in [5, 5.41) is 0.734. The third kappa shape index (κ3) is 7.12. The molecule has 0 radical (unpaired) electrons. The fraction of sp³-hybridized carbons (Fsp3) is 0.312. The molecular weight excluding hydrogens is 420 g/mol. The predicted octanol–water partition coefficient (Wildman–Crippen LogP) is 9.11. The van der Waals surface area contributed by atoms with Crippen LogP contribution in [0.2, 0.25) is 5.02 Å². The van der Waals surface area contributed by atoms with Crippen molar-refractivity contribution in [2.75, 3.05) is 0 Å². The molecule has 0 atom stereocenters. The van der Waals surface area contributed by atoms with Crippen molar-refractivity contribution in [3.8, 4) is 23.0 Å². The monoisotopic (exact) mass is 452 g/mol. The molecule has 0 amide bonds. The Balaban J connectivity index is 1.28. The molecular formula is C32H33Cl. The summed E-state index contributed by atoms with van der Waals surface area (Å²) in [7, 11) is 0. The van der Waals surface area contributed by atoms with Crippen molar-refractivity contribution in [2.24, 2.45) is 11.8 Å². The summed E-state index contributed by atoms with van der Waals surface area (Å²) in [6, 6.07) is 25.3. The number of hydrogen-bond donors (Lipinski definition) is 0. The summed E-state index contributed by atoms with van der Waals surface area (Å²) < 4.78 is 0. The van der Waals surface area contributed by atoms with Gasteiger partial charge in [-0.15, -0.1) is 6.58 Å². The van der Waals surface area contributed by atoms with Crippen LogP contribution in [0.15, 0.2) is 85.5 Å². The van der Waals surface area contributed by atoms with Crippen LogP contribution in [0.1, 0.15) is 61.6 Å². The summed E-state index contributed by atoms with van der Waals surface area (Å²) in [4.78, 5) is 0. The molecule has 33 heavy (non-hydrogen) atoms. The molecule has 0 aromatic heterocycles. The lowest BCUT2D eigenvalue weighted by molar-refractivity contribution is 0.254. The highest BCUT2D eigenvalue weighted by molar-refractivity contribution is 6.30. The Morgan fingerprint density at radius 3 is 1.73 bits per heavy atom. The van der Waals surface area contributed by atoms with Gasteiger partial charge in [0.2, 0.25) is 0 Å². The number of allylic oxidation sites excluding steroid dienone is 1. The standard InChI is InChI=1S/C32H33Cl/c1-2-3-4-25-5-7-26(8-6-25)9-10-27-13-19-30(20-14-27)31-21-15-28(16-22-31)11-12-29-17-23-32(33)24-18-29/h2,13-26H,1,3-10H2/t25-,26-. The summed E-state index contributed by atoms with van der Waals surface area (Å²) in [6.07, 6.45) is 12.8. The first-order valence-electron chi connectivity index (χ1n) is 12.3. The van der Waals surface area contributed by atoms with E-state index < -0.39 is 0 Å². The Morgan fingerprint density at radius 2 is 1.18 bits per heavy atom. The van der Waals surface area contributed by atoms with Gasteiger partial charge in [-0.25, -0.2) is 0 Å². The Morgan fingerprint density at radius 1 is 0.697 bits per heavy atom. The third-order valence-corrected chi connectivity index (χ3v) is 7.21. The van der Waals surface area contributed by atoms with Crippen molar-refractivity contribution in [1.82, 2.24) is 0 Å². The van der Waals surface area contributed by atoms with Crippen molar-refractivity contribution >= 4 is 11.6 Å². The average molecular weight is 453 g/mol. The van der Waals surface area contributed by atoms with Gasteiger partial charge in [0.25, 0.3) is 0 Å². The van der Waals surface area contributed by atoms with E-state index in [9.17, 15) is 0 Å². The van der Waals surface area contributed by atoms with Gasteiger partial charge in [0.1, 0.15) is 0 Å². The zero-order valence-corrected chi connectivity index (χ0v) is 20.2. The fourth-order valence-electron chi connectivity index (χ4n) is 4.82. The highest BCUT2D eigenvalue weighted by Gasteiger charge is 2.20. The molecule has 4 rings (SSSR count). The van der Waals surface area contributed by atoms with Crippen LogP contribution in [0.25, 0.3) is 11.1 Å². The van der Waals surface area contributed by atoms with Crippen LogP contribution in [0.5, 0.6) is 0 Å². The molecule has 0 aliphatic heterocycles. The SMILES string of the molecule is C=CCC[C@H]1CC[C@H](CCc2ccc(-c3ccc(C#Cc4ccc(Cl)cc4)cc3)cc2)CC1. The molecule has 0 unspecified atom stereocenters. The van der Waals surface area contributed by atoms with E-state index in [0.29, 0.717) is 0 Å². The molecule has 1 saturated carbocycles. The van der Waals surface area contributed by atoms with Crippen LogP contribution >= 0.6 is 11.6 Å². The number of aryl methyl sites for hydroxylation is 1. The van der Waals surface area contributed by atoms with Crippen molar-refractivity contribution in [2.45, 2.75) is 51.4 Å².